The molecule has 1 aliphatic heterocycles. The number of nitrogens with one attached hydrogen (secondary N) is 1. The Balaban J connectivity index is 1.53. The Morgan fingerprint density at radius 1 is 1.20 bits per heavy atom. The first-order chi connectivity index (χ1) is 14.3. The van der Waals surface area contributed by atoms with Gasteiger partial charge in [-0.15, -0.1) is 0 Å². The molecule has 0 spiro atoms. The fraction of sp³-hybridized carbons (Fsp3) is 0.200. The maximum absolute atomic E-state index is 12.8. The van der Waals surface area contributed by atoms with Crippen LogP contribution in [0.15, 0.2) is 59.6 Å². The molecular formula is C20H21N5O4S. The highest BCUT2D eigenvalue weighted by Gasteiger charge is 2.32. The van der Waals surface area contributed by atoms with E-state index in [1.165, 1.54) is 18.2 Å². The van der Waals surface area contributed by atoms with E-state index in [0.29, 0.717) is 18.8 Å². The van der Waals surface area contributed by atoms with Gasteiger partial charge >= 0.3 is 0 Å². The molecule has 30 heavy (non-hydrogen) atoms. The molecule has 0 aliphatic carbocycles. The number of rotatable bonds is 5. The Kier molecular flexibility index (Phi) is 5.18. The van der Waals surface area contributed by atoms with Gasteiger partial charge in [0.15, 0.2) is 5.75 Å². The fourth-order valence-electron chi connectivity index (χ4n) is 3.65. The summed E-state index contributed by atoms with van der Waals surface area (Å²) in [5.41, 5.74) is 9.21. The second-order valence-corrected chi connectivity index (χ2v) is 8.54. The van der Waals surface area contributed by atoms with Gasteiger partial charge in [0.1, 0.15) is 16.8 Å². The molecule has 3 aromatic rings. The van der Waals surface area contributed by atoms with E-state index >= 15 is 0 Å². The van der Waals surface area contributed by atoms with Gasteiger partial charge in [0.2, 0.25) is 10.0 Å². The van der Waals surface area contributed by atoms with Crippen LogP contribution in [0.3, 0.4) is 0 Å². The highest BCUT2D eigenvalue weighted by atomic mass is 32.2. The minimum atomic E-state index is -3.98. The predicted octanol–water partition coefficient (Wildman–Crippen LogP) is 1.54. The molecule has 0 bridgehead atoms. The molecule has 1 unspecified atom stereocenters. The summed E-state index contributed by atoms with van der Waals surface area (Å²) >= 11 is 0. The zero-order chi connectivity index (χ0) is 21.3. The lowest BCUT2D eigenvalue weighted by Gasteiger charge is -2.26. The molecule has 1 aliphatic rings. The third kappa shape index (κ3) is 3.87. The van der Waals surface area contributed by atoms with Crippen molar-refractivity contribution < 1.29 is 18.0 Å². The summed E-state index contributed by atoms with van der Waals surface area (Å²) in [6.45, 7) is 0.692. The quantitative estimate of drug-likeness (QED) is 0.525. The van der Waals surface area contributed by atoms with Crippen molar-refractivity contribution in [3.63, 3.8) is 0 Å². The number of anilines is 2. The van der Waals surface area contributed by atoms with E-state index in [2.05, 4.69) is 10.5 Å². The third-order valence-electron chi connectivity index (χ3n) is 5.08. The number of benzene rings is 2. The maximum Gasteiger partial charge on any atom is 0.275 e. The van der Waals surface area contributed by atoms with Crippen LogP contribution in [0.5, 0.6) is 5.75 Å². The van der Waals surface area contributed by atoms with E-state index in [9.17, 15) is 13.2 Å². The number of aromatic nitrogens is 1. The monoisotopic (exact) mass is 427 g/mol. The zero-order valence-electron chi connectivity index (χ0n) is 16.0. The van der Waals surface area contributed by atoms with Crippen LogP contribution in [0.4, 0.5) is 11.5 Å². The number of para-hydroxylation sites is 1. The molecule has 2 aromatic carbocycles. The van der Waals surface area contributed by atoms with Crippen molar-refractivity contribution in [1.82, 2.24) is 10.5 Å². The van der Waals surface area contributed by atoms with Crippen LogP contribution in [0, 0.1) is 0 Å². The number of pyridine rings is 1. The van der Waals surface area contributed by atoms with Gasteiger partial charge in [-0.2, -0.15) is 5.48 Å². The molecule has 156 valence electrons. The smallest absolute Gasteiger partial charge is 0.275 e. The first-order valence-electron chi connectivity index (χ1n) is 9.34. The van der Waals surface area contributed by atoms with Crippen LogP contribution in [0.2, 0.25) is 0 Å². The Morgan fingerprint density at radius 2 is 2.00 bits per heavy atom. The average molecular weight is 427 g/mol. The maximum atomic E-state index is 12.8. The molecule has 0 radical (unpaired) electrons. The largest absolute Gasteiger partial charge is 0.383 e. The van der Waals surface area contributed by atoms with E-state index in [-0.39, 0.29) is 16.6 Å². The molecule has 0 saturated carbocycles. The summed E-state index contributed by atoms with van der Waals surface area (Å²) in [7, 11) is -3.98. The molecule has 1 fully saturated rings. The molecule has 1 saturated heterocycles. The summed E-state index contributed by atoms with van der Waals surface area (Å²) in [6, 6.07) is 13.0. The highest BCUT2D eigenvalue weighted by molar-refractivity contribution is 7.89. The van der Waals surface area contributed by atoms with Crippen molar-refractivity contribution in [3.05, 3.63) is 54.7 Å². The number of hydrogen-bond acceptors (Lipinski definition) is 7. The summed E-state index contributed by atoms with van der Waals surface area (Å²) < 4.78 is 23.4. The molecule has 9 nitrogen and oxygen atoms in total. The number of amides is 1. The topological polar surface area (TPSA) is 141 Å². The van der Waals surface area contributed by atoms with Gasteiger partial charge in [-0.1, -0.05) is 18.2 Å². The lowest BCUT2D eigenvalue weighted by molar-refractivity contribution is -0.128. The SMILES string of the molecule is Nc1nccc2ccc(N3CCCC3C(=O)NOc3ccccc3S(N)(=O)=O)cc12. The van der Waals surface area contributed by atoms with Crippen LogP contribution >= 0.6 is 0 Å². The van der Waals surface area contributed by atoms with Crippen molar-refractivity contribution in [2.45, 2.75) is 23.8 Å². The molecule has 1 atom stereocenters. The number of hydrogen-bond donors (Lipinski definition) is 3. The molecular weight excluding hydrogens is 406 g/mol. The van der Waals surface area contributed by atoms with Crippen molar-refractivity contribution in [2.75, 3.05) is 17.2 Å². The standard InChI is InChI=1S/C20H21N5O4S/c21-19-15-12-14(8-7-13(15)9-10-23-19)25-11-3-4-16(25)20(26)24-29-17-5-1-2-6-18(17)30(22,27)28/h1-2,5-10,12,16H,3-4,11H2,(H2,21,23)(H,24,26)(H2,22,27,28). The minimum absolute atomic E-state index is 0.0394. The van der Waals surface area contributed by atoms with Gasteiger partial charge in [-0.05, 0) is 48.6 Å². The summed E-state index contributed by atoms with van der Waals surface area (Å²) in [4.78, 5) is 24.0. The van der Waals surface area contributed by atoms with E-state index in [1.807, 2.05) is 29.2 Å². The molecule has 1 amide bonds. The second-order valence-electron chi connectivity index (χ2n) is 7.01. The number of fused-ring (bicyclic) bond motifs is 1. The van der Waals surface area contributed by atoms with E-state index < -0.39 is 16.1 Å². The van der Waals surface area contributed by atoms with Gasteiger partial charge in [-0.3, -0.25) is 4.79 Å². The first-order valence-corrected chi connectivity index (χ1v) is 10.9. The third-order valence-corrected chi connectivity index (χ3v) is 6.04. The minimum Gasteiger partial charge on any atom is -0.383 e. The van der Waals surface area contributed by atoms with E-state index in [1.54, 1.807) is 12.3 Å². The molecule has 2 heterocycles. The number of nitrogens with zero attached hydrogens (tertiary/aromatic N) is 2. The van der Waals surface area contributed by atoms with E-state index in [0.717, 1.165) is 22.9 Å². The zero-order valence-corrected chi connectivity index (χ0v) is 16.8. The van der Waals surface area contributed by atoms with Crippen LogP contribution in [0.25, 0.3) is 10.8 Å². The Morgan fingerprint density at radius 3 is 2.80 bits per heavy atom. The number of sulfonamides is 1. The predicted molar refractivity (Wildman–Crippen MR) is 113 cm³/mol. The Labute approximate surface area is 173 Å². The van der Waals surface area contributed by atoms with Gasteiger partial charge in [0.25, 0.3) is 5.91 Å². The number of nitrogen functional groups attached to an aromatic ring is 1. The van der Waals surface area contributed by atoms with Crippen LogP contribution in [-0.2, 0) is 14.8 Å². The van der Waals surface area contributed by atoms with Crippen LogP contribution in [0.1, 0.15) is 12.8 Å². The number of nitrogens with two attached hydrogens (primary N) is 2. The van der Waals surface area contributed by atoms with Crippen LogP contribution in [-0.4, -0.2) is 31.9 Å². The highest BCUT2D eigenvalue weighted by Crippen LogP contribution is 2.30. The molecule has 5 N–H and O–H groups in total. The summed E-state index contributed by atoms with van der Waals surface area (Å²) in [6.07, 6.45) is 3.11. The van der Waals surface area contributed by atoms with Gasteiger partial charge in [0.05, 0.1) is 0 Å². The van der Waals surface area contributed by atoms with Crippen molar-refractivity contribution in [2.24, 2.45) is 5.14 Å². The number of primary sulfonamides is 1. The summed E-state index contributed by atoms with van der Waals surface area (Å²) in [5.74, 6) is 0.0101. The van der Waals surface area contributed by atoms with Gasteiger partial charge in [0, 0.05) is 23.8 Å². The molecule has 1 aromatic heterocycles. The van der Waals surface area contributed by atoms with Gasteiger partial charge < -0.3 is 15.5 Å². The number of carbonyl (C=O) groups is 1. The Bertz CT molecular complexity index is 1210. The van der Waals surface area contributed by atoms with Crippen molar-refractivity contribution in [1.29, 1.82) is 0 Å². The molecule has 4 rings (SSSR count). The first kappa shape index (κ1) is 19.9. The lowest BCUT2D eigenvalue weighted by atomic mass is 10.1. The van der Waals surface area contributed by atoms with Crippen molar-refractivity contribution in [3.8, 4) is 5.75 Å². The lowest BCUT2D eigenvalue weighted by Crippen LogP contribution is -2.44. The average Bonchev–Trinajstić information content (AvgIpc) is 3.22. The number of carbonyl (C=O) groups excluding carboxylic acids is 1. The van der Waals surface area contributed by atoms with E-state index in [4.69, 9.17) is 15.7 Å². The fourth-order valence-corrected chi connectivity index (χ4v) is 4.31. The molecule has 10 heteroatoms. The van der Waals surface area contributed by atoms with Crippen LogP contribution < -0.4 is 26.1 Å². The normalized spacial score (nSPS) is 16.6. The summed E-state index contributed by atoms with van der Waals surface area (Å²) in [5, 5.41) is 6.98. The second kappa shape index (κ2) is 7.81. The van der Waals surface area contributed by atoms with Gasteiger partial charge in [-0.25, -0.2) is 18.5 Å². The number of hydroxylamine groups is 1. The van der Waals surface area contributed by atoms with Crippen molar-refractivity contribution >= 4 is 38.2 Å². The Hall–Kier alpha value is -3.37.